The predicted octanol–water partition coefficient (Wildman–Crippen LogP) is 3.93. The van der Waals surface area contributed by atoms with E-state index in [4.69, 9.17) is 5.11 Å². The van der Waals surface area contributed by atoms with Gasteiger partial charge in [0.1, 0.15) is 6.04 Å². The zero-order valence-electron chi connectivity index (χ0n) is 21.9. The number of aliphatic carboxylic acids is 1. The minimum Gasteiger partial charge on any atom is -0.478 e. The van der Waals surface area contributed by atoms with Crippen molar-refractivity contribution in [3.63, 3.8) is 0 Å². The first-order chi connectivity index (χ1) is 14.6. The molecule has 3 unspecified atom stereocenters. The summed E-state index contributed by atoms with van der Waals surface area (Å²) in [4.78, 5) is 38.6. The van der Waals surface area contributed by atoms with Crippen LogP contribution in [0.25, 0.3) is 0 Å². The first kappa shape index (κ1) is 30.1. The van der Waals surface area contributed by atoms with Crippen molar-refractivity contribution in [2.45, 2.75) is 106 Å². The highest BCUT2D eigenvalue weighted by Crippen LogP contribution is 2.23. The first-order valence-electron chi connectivity index (χ1n) is 11.8. The fourth-order valence-electron chi connectivity index (χ4n) is 4.08. The smallest absolute Gasteiger partial charge is 0.331 e. The maximum atomic E-state index is 12.7. The van der Waals surface area contributed by atoms with Gasteiger partial charge in [0.2, 0.25) is 12.3 Å². The molecular formula is C25H47N3O4. The van der Waals surface area contributed by atoms with Crippen molar-refractivity contribution >= 4 is 18.3 Å². The van der Waals surface area contributed by atoms with E-state index < -0.39 is 17.4 Å². The number of piperidine rings is 1. The monoisotopic (exact) mass is 453 g/mol. The van der Waals surface area contributed by atoms with Crippen LogP contribution in [0.3, 0.4) is 0 Å². The van der Waals surface area contributed by atoms with Crippen LogP contribution in [0.4, 0.5) is 0 Å². The molecular weight excluding hydrogens is 406 g/mol. The normalized spacial score (nSPS) is 19.6. The number of carbonyl (C=O) groups excluding carboxylic acids is 2. The SMILES string of the molecule is C/C(=C\C(C(C)C)N(C)C(=O)C(NC=O)C(C)(C)C)C(=O)O.CC(C)N1CCCCC1C. The second kappa shape index (κ2) is 13.6. The van der Waals surface area contributed by atoms with E-state index in [1.165, 1.54) is 37.6 Å². The van der Waals surface area contributed by atoms with E-state index in [1.54, 1.807) is 13.1 Å². The van der Waals surface area contributed by atoms with Gasteiger partial charge in [-0.2, -0.15) is 0 Å². The molecule has 0 aliphatic carbocycles. The molecule has 1 fully saturated rings. The molecule has 0 spiro atoms. The lowest BCUT2D eigenvalue weighted by molar-refractivity contribution is -0.138. The lowest BCUT2D eigenvalue weighted by atomic mass is 9.85. The van der Waals surface area contributed by atoms with Crippen molar-refractivity contribution in [2.75, 3.05) is 13.6 Å². The van der Waals surface area contributed by atoms with Crippen molar-refractivity contribution in [3.05, 3.63) is 11.6 Å². The summed E-state index contributed by atoms with van der Waals surface area (Å²) < 4.78 is 0. The van der Waals surface area contributed by atoms with Gasteiger partial charge in [-0.15, -0.1) is 0 Å². The second-order valence-electron chi connectivity index (χ2n) is 10.6. The summed E-state index contributed by atoms with van der Waals surface area (Å²) in [6, 6.07) is 0.542. The second-order valence-corrected chi connectivity index (χ2v) is 10.6. The molecule has 0 saturated carbocycles. The third-order valence-corrected chi connectivity index (χ3v) is 6.10. The number of nitrogens with zero attached hydrogens (tertiary/aromatic N) is 2. The predicted molar refractivity (Wildman–Crippen MR) is 130 cm³/mol. The molecule has 1 heterocycles. The minimum absolute atomic E-state index is 0.0418. The number of carboxylic acids is 1. The van der Waals surface area contributed by atoms with Gasteiger partial charge in [-0.05, 0) is 58.4 Å². The molecule has 0 aromatic rings. The van der Waals surface area contributed by atoms with Crippen LogP contribution < -0.4 is 5.32 Å². The lowest BCUT2D eigenvalue weighted by Crippen LogP contribution is -2.54. The highest BCUT2D eigenvalue weighted by molar-refractivity contribution is 5.87. The Bertz CT molecular complexity index is 638. The largest absolute Gasteiger partial charge is 0.478 e. The van der Waals surface area contributed by atoms with Gasteiger partial charge in [0.05, 0.1) is 6.04 Å². The van der Waals surface area contributed by atoms with Crippen molar-refractivity contribution in [3.8, 4) is 0 Å². The van der Waals surface area contributed by atoms with E-state index in [9.17, 15) is 14.4 Å². The molecule has 1 rings (SSSR count). The summed E-state index contributed by atoms with van der Waals surface area (Å²) in [5, 5.41) is 11.6. The number of carbonyl (C=O) groups is 3. The molecule has 7 nitrogen and oxygen atoms in total. The Morgan fingerprint density at radius 3 is 2.06 bits per heavy atom. The summed E-state index contributed by atoms with van der Waals surface area (Å²) >= 11 is 0. The van der Waals surface area contributed by atoms with Gasteiger partial charge in [0.15, 0.2) is 0 Å². The topological polar surface area (TPSA) is 90.0 Å². The Morgan fingerprint density at radius 1 is 1.16 bits per heavy atom. The number of nitrogens with one attached hydrogen (secondary N) is 1. The Labute approximate surface area is 195 Å². The Balaban J connectivity index is 0.000000792. The summed E-state index contributed by atoms with van der Waals surface area (Å²) in [5.74, 6) is -1.21. The molecule has 1 aliphatic rings. The van der Waals surface area contributed by atoms with Crippen LogP contribution in [0.1, 0.15) is 81.6 Å². The van der Waals surface area contributed by atoms with Crippen LogP contribution in [-0.4, -0.2) is 71.0 Å². The van der Waals surface area contributed by atoms with Crippen LogP contribution in [-0.2, 0) is 14.4 Å². The molecule has 1 aliphatic heterocycles. The first-order valence-corrected chi connectivity index (χ1v) is 11.8. The van der Waals surface area contributed by atoms with Crippen molar-refractivity contribution in [1.29, 1.82) is 0 Å². The summed E-state index contributed by atoms with van der Waals surface area (Å²) in [7, 11) is 1.63. The molecule has 2 N–H and O–H groups in total. The quantitative estimate of drug-likeness (QED) is 0.429. The van der Waals surface area contributed by atoms with Crippen LogP contribution in [0, 0.1) is 11.3 Å². The average Bonchev–Trinajstić information content (AvgIpc) is 2.68. The summed E-state index contributed by atoms with van der Waals surface area (Å²) in [6.45, 7) is 19.2. The molecule has 0 aromatic heterocycles. The van der Waals surface area contributed by atoms with Gasteiger partial charge < -0.3 is 15.3 Å². The molecule has 0 bridgehead atoms. The number of carboxylic acid groups (broad SMARTS) is 1. The van der Waals surface area contributed by atoms with Gasteiger partial charge in [0, 0.05) is 24.7 Å². The van der Waals surface area contributed by atoms with E-state index in [0.717, 1.165) is 12.1 Å². The Morgan fingerprint density at radius 2 is 1.72 bits per heavy atom. The molecule has 3 atom stereocenters. The molecule has 1 saturated heterocycles. The number of hydrogen-bond acceptors (Lipinski definition) is 4. The highest BCUT2D eigenvalue weighted by Gasteiger charge is 2.35. The zero-order valence-corrected chi connectivity index (χ0v) is 21.9. The van der Waals surface area contributed by atoms with Crippen LogP contribution >= 0.6 is 0 Å². The van der Waals surface area contributed by atoms with E-state index in [1.807, 2.05) is 34.6 Å². The number of likely N-dealkylation sites (N-methyl/N-ethyl adjacent to an activating group) is 1. The number of rotatable bonds is 8. The molecule has 32 heavy (non-hydrogen) atoms. The fraction of sp³-hybridized carbons (Fsp3) is 0.800. The van der Waals surface area contributed by atoms with Gasteiger partial charge >= 0.3 is 5.97 Å². The maximum absolute atomic E-state index is 12.7. The number of likely N-dealkylation sites (tertiary alicyclic amines) is 1. The standard InChI is InChI=1S/C16H28N2O4.C9H19N/c1-10(2)12(8-11(3)15(21)22)18(7)14(20)13(17-9-19)16(4,5)6;1-8(2)10-7-5-4-6-9(10)3/h8-10,12-13H,1-7H3,(H,17,19)(H,21,22);8-9H,4-7H2,1-3H3/b11-8+;. The van der Waals surface area contributed by atoms with Crippen molar-refractivity contribution < 1.29 is 19.5 Å². The number of amides is 2. The third kappa shape index (κ3) is 9.72. The average molecular weight is 454 g/mol. The van der Waals surface area contributed by atoms with Crippen LogP contribution in [0.5, 0.6) is 0 Å². The van der Waals surface area contributed by atoms with Crippen molar-refractivity contribution in [2.24, 2.45) is 11.3 Å². The lowest BCUT2D eigenvalue weighted by Gasteiger charge is -2.36. The van der Waals surface area contributed by atoms with E-state index in [0.29, 0.717) is 6.41 Å². The zero-order chi connectivity index (χ0) is 25.2. The van der Waals surface area contributed by atoms with Gasteiger partial charge in [-0.1, -0.05) is 47.1 Å². The van der Waals surface area contributed by atoms with Gasteiger partial charge in [-0.25, -0.2) is 4.79 Å². The van der Waals surface area contributed by atoms with Crippen molar-refractivity contribution in [1.82, 2.24) is 15.1 Å². The molecule has 186 valence electrons. The van der Waals surface area contributed by atoms with Gasteiger partial charge in [-0.3, -0.25) is 14.5 Å². The van der Waals surface area contributed by atoms with Gasteiger partial charge in [0.25, 0.3) is 0 Å². The molecule has 0 radical (unpaired) electrons. The molecule has 0 aromatic carbocycles. The highest BCUT2D eigenvalue weighted by atomic mass is 16.4. The maximum Gasteiger partial charge on any atom is 0.331 e. The molecule has 7 heteroatoms. The third-order valence-electron chi connectivity index (χ3n) is 6.10. The summed E-state index contributed by atoms with van der Waals surface area (Å²) in [5.41, 5.74) is -0.256. The molecule has 2 amide bonds. The van der Waals surface area contributed by atoms with E-state index in [2.05, 4.69) is 31.0 Å². The van der Waals surface area contributed by atoms with Crippen LogP contribution in [0.2, 0.25) is 0 Å². The minimum atomic E-state index is -1.01. The van der Waals surface area contributed by atoms with E-state index >= 15 is 0 Å². The summed E-state index contributed by atoms with van der Waals surface area (Å²) in [6.07, 6.45) is 6.33. The van der Waals surface area contributed by atoms with E-state index in [-0.39, 0.29) is 23.4 Å². The fourth-order valence-corrected chi connectivity index (χ4v) is 4.08. The van der Waals surface area contributed by atoms with Crippen LogP contribution in [0.15, 0.2) is 11.6 Å². The Kier molecular flexibility index (Phi) is 12.8. The Hall–Kier alpha value is -1.89. The number of hydrogen-bond donors (Lipinski definition) is 2.